The molecule has 4 heteroatoms. The SMILES string of the molecule is CC(=O)N1CC(C(=O)N(C)Cc2ccccc2)CC(c2cccc(C)c2)C1. The highest BCUT2D eigenvalue weighted by molar-refractivity contribution is 5.81. The normalized spacial score (nSPS) is 19.6. The van der Waals surface area contributed by atoms with Crippen molar-refractivity contribution in [3.8, 4) is 0 Å². The molecule has 2 atom stereocenters. The number of piperidine rings is 1. The van der Waals surface area contributed by atoms with Crippen molar-refractivity contribution < 1.29 is 9.59 Å². The Labute approximate surface area is 161 Å². The zero-order valence-electron chi connectivity index (χ0n) is 16.4. The van der Waals surface area contributed by atoms with Gasteiger partial charge in [-0.15, -0.1) is 0 Å². The molecule has 2 amide bonds. The molecule has 2 aromatic carbocycles. The second-order valence-corrected chi connectivity index (χ2v) is 7.65. The summed E-state index contributed by atoms with van der Waals surface area (Å²) in [5.74, 6) is 0.182. The van der Waals surface area contributed by atoms with Gasteiger partial charge in [0.1, 0.15) is 0 Å². The van der Waals surface area contributed by atoms with Crippen molar-refractivity contribution >= 4 is 11.8 Å². The Hall–Kier alpha value is -2.62. The first kappa shape index (κ1) is 19.2. The summed E-state index contributed by atoms with van der Waals surface area (Å²) in [5.41, 5.74) is 3.53. The third kappa shape index (κ3) is 4.76. The van der Waals surface area contributed by atoms with E-state index in [1.807, 2.05) is 42.3 Å². The first-order valence-electron chi connectivity index (χ1n) is 9.55. The largest absolute Gasteiger partial charge is 0.342 e. The summed E-state index contributed by atoms with van der Waals surface area (Å²) < 4.78 is 0. The van der Waals surface area contributed by atoms with Gasteiger partial charge in [-0.1, -0.05) is 60.2 Å². The molecule has 142 valence electrons. The molecule has 0 spiro atoms. The monoisotopic (exact) mass is 364 g/mol. The van der Waals surface area contributed by atoms with Gasteiger partial charge < -0.3 is 9.80 Å². The summed E-state index contributed by atoms with van der Waals surface area (Å²) in [6, 6.07) is 18.4. The fraction of sp³-hybridized carbons (Fsp3) is 0.391. The van der Waals surface area contributed by atoms with Crippen LogP contribution in [0.5, 0.6) is 0 Å². The van der Waals surface area contributed by atoms with Gasteiger partial charge in [0, 0.05) is 39.5 Å². The second kappa shape index (κ2) is 8.38. The molecule has 0 radical (unpaired) electrons. The molecule has 0 saturated carbocycles. The minimum atomic E-state index is -0.165. The molecule has 1 aliphatic heterocycles. The number of benzene rings is 2. The third-order valence-corrected chi connectivity index (χ3v) is 5.40. The molecule has 1 heterocycles. The molecule has 0 bridgehead atoms. The van der Waals surface area contributed by atoms with Crippen LogP contribution >= 0.6 is 0 Å². The highest BCUT2D eigenvalue weighted by atomic mass is 16.2. The van der Waals surface area contributed by atoms with Crippen LogP contribution in [0.1, 0.15) is 36.0 Å². The highest BCUT2D eigenvalue weighted by Crippen LogP contribution is 2.32. The first-order valence-corrected chi connectivity index (χ1v) is 9.55. The van der Waals surface area contributed by atoms with E-state index in [1.54, 1.807) is 11.8 Å². The van der Waals surface area contributed by atoms with Crippen molar-refractivity contribution in [2.45, 2.75) is 32.7 Å². The van der Waals surface area contributed by atoms with Gasteiger partial charge in [-0.05, 0) is 24.5 Å². The second-order valence-electron chi connectivity index (χ2n) is 7.65. The van der Waals surface area contributed by atoms with Gasteiger partial charge in [0.05, 0.1) is 5.92 Å². The topological polar surface area (TPSA) is 40.6 Å². The van der Waals surface area contributed by atoms with E-state index in [0.29, 0.717) is 19.6 Å². The zero-order valence-corrected chi connectivity index (χ0v) is 16.4. The lowest BCUT2D eigenvalue weighted by Gasteiger charge is -2.38. The number of hydrogen-bond donors (Lipinski definition) is 0. The van der Waals surface area contributed by atoms with Gasteiger partial charge in [-0.25, -0.2) is 0 Å². The van der Waals surface area contributed by atoms with Crippen LogP contribution in [0.2, 0.25) is 0 Å². The van der Waals surface area contributed by atoms with Gasteiger partial charge in [-0.2, -0.15) is 0 Å². The lowest BCUT2D eigenvalue weighted by molar-refractivity contribution is -0.140. The molecule has 3 rings (SSSR count). The number of likely N-dealkylation sites (tertiary alicyclic amines) is 1. The lowest BCUT2D eigenvalue weighted by atomic mass is 9.83. The zero-order chi connectivity index (χ0) is 19.4. The number of aryl methyl sites for hydroxylation is 1. The Balaban J connectivity index is 1.76. The summed E-state index contributed by atoms with van der Waals surface area (Å²) >= 11 is 0. The van der Waals surface area contributed by atoms with Crippen molar-refractivity contribution in [2.24, 2.45) is 5.92 Å². The number of hydrogen-bond acceptors (Lipinski definition) is 2. The van der Waals surface area contributed by atoms with Gasteiger partial charge >= 0.3 is 0 Å². The van der Waals surface area contributed by atoms with E-state index in [4.69, 9.17) is 0 Å². The van der Waals surface area contributed by atoms with E-state index in [9.17, 15) is 9.59 Å². The van der Waals surface area contributed by atoms with Crippen LogP contribution < -0.4 is 0 Å². The maximum absolute atomic E-state index is 13.1. The molecular formula is C23H28N2O2. The van der Waals surface area contributed by atoms with Crippen molar-refractivity contribution in [1.29, 1.82) is 0 Å². The van der Waals surface area contributed by atoms with E-state index in [2.05, 4.69) is 31.2 Å². The Kier molecular flexibility index (Phi) is 5.94. The first-order chi connectivity index (χ1) is 12.9. The van der Waals surface area contributed by atoms with E-state index >= 15 is 0 Å². The maximum atomic E-state index is 13.1. The molecule has 0 N–H and O–H groups in total. The number of carbonyl (C=O) groups is 2. The molecule has 27 heavy (non-hydrogen) atoms. The summed E-state index contributed by atoms with van der Waals surface area (Å²) in [4.78, 5) is 28.8. The molecule has 0 aromatic heterocycles. The number of amides is 2. The van der Waals surface area contributed by atoms with E-state index < -0.39 is 0 Å². The standard InChI is InChI=1S/C23H28N2O2/c1-17-8-7-11-20(12-17)21-13-22(16-25(15-21)18(2)26)23(27)24(3)14-19-9-5-4-6-10-19/h4-12,21-22H,13-16H2,1-3H3. The fourth-order valence-electron chi connectivity index (χ4n) is 3.95. The minimum Gasteiger partial charge on any atom is -0.342 e. The maximum Gasteiger partial charge on any atom is 0.227 e. The van der Waals surface area contributed by atoms with E-state index in [0.717, 1.165) is 12.0 Å². The minimum absolute atomic E-state index is 0.0378. The van der Waals surface area contributed by atoms with Crippen molar-refractivity contribution in [3.63, 3.8) is 0 Å². The molecule has 0 aliphatic carbocycles. The van der Waals surface area contributed by atoms with Crippen molar-refractivity contribution in [3.05, 3.63) is 71.3 Å². The summed E-state index contributed by atoms with van der Waals surface area (Å²) in [6.45, 7) is 5.45. The van der Waals surface area contributed by atoms with Crippen molar-refractivity contribution in [2.75, 3.05) is 20.1 Å². The quantitative estimate of drug-likeness (QED) is 0.832. The van der Waals surface area contributed by atoms with Crippen LogP contribution in [-0.4, -0.2) is 41.8 Å². The van der Waals surface area contributed by atoms with Gasteiger partial charge in [0.2, 0.25) is 11.8 Å². The summed E-state index contributed by atoms with van der Waals surface area (Å²) in [7, 11) is 1.85. The molecule has 4 nitrogen and oxygen atoms in total. The van der Waals surface area contributed by atoms with E-state index in [1.165, 1.54) is 11.1 Å². The fourth-order valence-corrected chi connectivity index (χ4v) is 3.95. The molecule has 1 aliphatic rings. The number of nitrogens with zero attached hydrogens (tertiary/aromatic N) is 2. The average molecular weight is 364 g/mol. The Bertz CT molecular complexity index is 803. The Morgan fingerprint density at radius 2 is 1.81 bits per heavy atom. The number of rotatable bonds is 4. The van der Waals surface area contributed by atoms with Crippen LogP contribution in [0.3, 0.4) is 0 Å². The van der Waals surface area contributed by atoms with Gasteiger partial charge in [0.15, 0.2) is 0 Å². The summed E-state index contributed by atoms with van der Waals surface area (Å²) in [6.07, 6.45) is 0.783. The van der Waals surface area contributed by atoms with Crippen molar-refractivity contribution in [1.82, 2.24) is 9.80 Å². The third-order valence-electron chi connectivity index (χ3n) is 5.40. The average Bonchev–Trinajstić information content (AvgIpc) is 2.67. The molecule has 2 aromatic rings. The Morgan fingerprint density at radius 3 is 2.48 bits per heavy atom. The Morgan fingerprint density at radius 1 is 1.07 bits per heavy atom. The highest BCUT2D eigenvalue weighted by Gasteiger charge is 2.34. The van der Waals surface area contributed by atoms with Gasteiger partial charge in [0.25, 0.3) is 0 Å². The predicted molar refractivity (Wildman–Crippen MR) is 107 cm³/mol. The van der Waals surface area contributed by atoms with Crippen LogP contribution in [0.25, 0.3) is 0 Å². The lowest BCUT2D eigenvalue weighted by Crippen LogP contribution is -2.47. The van der Waals surface area contributed by atoms with Crippen LogP contribution in [-0.2, 0) is 16.1 Å². The molecular weight excluding hydrogens is 336 g/mol. The van der Waals surface area contributed by atoms with Crippen LogP contribution in [0.15, 0.2) is 54.6 Å². The molecule has 1 fully saturated rings. The van der Waals surface area contributed by atoms with Gasteiger partial charge in [-0.3, -0.25) is 9.59 Å². The van der Waals surface area contributed by atoms with Crippen LogP contribution in [0.4, 0.5) is 0 Å². The summed E-state index contributed by atoms with van der Waals surface area (Å²) in [5, 5.41) is 0. The van der Waals surface area contributed by atoms with Crippen LogP contribution in [0, 0.1) is 12.8 Å². The van der Waals surface area contributed by atoms with E-state index in [-0.39, 0.29) is 23.7 Å². The smallest absolute Gasteiger partial charge is 0.227 e. The predicted octanol–water partition coefficient (Wildman–Crippen LogP) is 3.61. The molecule has 2 unspecified atom stereocenters. The number of carbonyl (C=O) groups excluding carboxylic acids is 2. The molecule has 1 saturated heterocycles.